The van der Waals surface area contributed by atoms with E-state index in [0.29, 0.717) is 5.56 Å². The number of aliphatic hydroxyl groups excluding tert-OH is 1. The first-order chi connectivity index (χ1) is 17.7. The number of carboxylic acids is 1. The third kappa shape index (κ3) is 11.2. The number of carbonyl (C=O) groups excluding carboxylic acids is 5. The first-order valence-electron chi connectivity index (χ1n) is 11.6. The van der Waals surface area contributed by atoms with Crippen LogP contribution in [0, 0.1) is 0 Å². The Morgan fingerprint density at radius 3 is 1.84 bits per heavy atom. The van der Waals surface area contributed by atoms with Crippen LogP contribution in [-0.4, -0.2) is 81.1 Å². The average Bonchev–Trinajstić information content (AvgIpc) is 2.83. The maximum absolute atomic E-state index is 13.1. The maximum Gasteiger partial charge on any atom is 0.326 e. The second-order valence-electron chi connectivity index (χ2n) is 8.67. The summed E-state index contributed by atoms with van der Waals surface area (Å²) in [6.07, 6.45) is -2.53. The Hall–Kier alpha value is -4.24. The van der Waals surface area contributed by atoms with E-state index in [1.165, 1.54) is 31.2 Å². The van der Waals surface area contributed by atoms with E-state index in [2.05, 4.69) is 16.0 Å². The summed E-state index contributed by atoms with van der Waals surface area (Å²) in [5.41, 5.74) is 16.4. The van der Waals surface area contributed by atoms with Crippen molar-refractivity contribution in [3.63, 3.8) is 0 Å². The number of carbonyl (C=O) groups is 6. The normalized spacial score (nSPS) is 14.7. The molecule has 38 heavy (non-hydrogen) atoms. The highest BCUT2D eigenvalue weighted by atomic mass is 16.4. The van der Waals surface area contributed by atoms with Crippen LogP contribution in [0.2, 0.25) is 0 Å². The minimum Gasteiger partial charge on any atom is -0.508 e. The third-order valence-corrected chi connectivity index (χ3v) is 5.40. The molecule has 0 aliphatic carbocycles. The molecule has 0 radical (unpaired) electrons. The summed E-state index contributed by atoms with van der Waals surface area (Å²) in [6.45, 7) is 1.18. The molecule has 1 rings (SSSR count). The third-order valence-electron chi connectivity index (χ3n) is 5.40. The summed E-state index contributed by atoms with van der Waals surface area (Å²) in [5, 5.41) is 35.8. The largest absolute Gasteiger partial charge is 0.508 e. The molecule has 0 fully saturated rings. The molecule has 15 heteroatoms. The van der Waals surface area contributed by atoms with Gasteiger partial charge in [-0.3, -0.25) is 24.0 Å². The summed E-state index contributed by atoms with van der Waals surface area (Å²) in [5.74, 6) is -5.72. The highest BCUT2D eigenvalue weighted by Crippen LogP contribution is 2.12. The number of hydrogen-bond donors (Lipinski definition) is 9. The molecule has 12 N–H and O–H groups in total. The van der Waals surface area contributed by atoms with E-state index in [1.54, 1.807) is 0 Å². The number of phenols is 1. The minimum absolute atomic E-state index is 0.0394. The smallest absolute Gasteiger partial charge is 0.326 e. The zero-order chi connectivity index (χ0) is 29.0. The van der Waals surface area contributed by atoms with E-state index in [4.69, 9.17) is 17.2 Å². The van der Waals surface area contributed by atoms with Crippen molar-refractivity contribution in [1.82, 2.24) is 16.0 Å². The number of amides is 5. The van der Waals surface area contributed by atoms with Crippen LogP contribution >= 0.6 is 0 Å². The Labute approximate surface area is 218 Å². The van der Waals surface area contributed by atoms with Crippen LogP contribution in [0.25, 0.3) is 0 Å². The van der Waals surface area contributed by atoms with E-state index < -0.39 is 65.8 Å². The Kier molecular flexibility index (Phi) is 12.6. The summed E-state index contributed by atoms with van der Waals surface area (Å²) >= 11 is 0. The average molecular weight is 539 g/mol. The van der Waals surface area contributed by atoms with Crippen molar-refractivity contribution in [3.8, 4) is 5.75 Å². The van der Waals surface area contributed by atoms with Crippen molar-refractivity contribution in [2.45, 2.75) is 69.3 Å². The number of aliphatic carboxylic acids is 1. The molecule has 5 amide bonds. The number of nitrogens with one attached hydrogen (secondary N) is 3. The Bertz CT molecular complexity index is 1020. The fraction of sp³-hybridized carbons (Fsp3) is 0.478. The lowest BCUT2D eigenvalue weighted by molar-refractivity contribution is -0.143. The molecule has 1 aromatic carbocycles. The molecule has 0 aliphatic rings. The standard InChI is InChI=1S/C23H34N6O9/c1-11(30)19(22(36)27-15(23(37)38)7-9-18(26)33)29-21(35)16(10-12-2-4-13(31)5-3-12)28-20(34)14(24)6-8-17(25)32/h2-5,11,14-16,19,30-31H,6-10,24H2,1H3,(H2,25,32)(H2,26,33)(H,27,36)(H,28,34)(H,29,35)(H,37,38). The van der Waals surface area contributed by atoms with Crippen LogP contribution in [0.1, 0.15) is 38.2 Å². The van der Waals surface area contributed by atoms with Gasteiger partial charge in [-0.25, -0.2) is 4.79 Å². The minimum atomic E-state index is -1.64. The summed E-state index contributed by atoms with van der Waals surface area (Å²) in [4.78, 5) is 71.9. The Morgan fingerprint density at radius 1 is 0.816 bits per heavy atom. The van der Waals surface area contributed by atoms with Crippen molar-refractivity contribution in [2.24, 2.45) is 17.2 Å². The lowest BCUT2D eigenvalue weighted by atomic mass is 10.0. The molecule has 1 aromatic rings. The summed E-state index contributed by atoms with van der Waals surface area (Å²) in [7, 11) is 0. The number of phenolic OH excluding ortho intramolecular Hbond substituents is 1. The van der Waals surface area contributed by atoms with Crippen LogP contribution in [0.4, 0.5) is 0 Å². The van der Waals surface area contributed by atoms with Gasteiger partial charge in [-0.2, -0.15) is 0 Å². The van der Waals surface area contributed by atoms with Crippen molar-refractivity contribution in [2.75, 3.05) is 0 Å². The summed E-state index contributed by atoms with van der Waals surface area (Å²) in [6, 6.07) is 0.0165. The molecule has 210 valence electrons. The monoisotopic (exact) mass is 538 g/mol. The second-order valence-corrected chi connectivity index (χ2v) is 8.67. The van der Waals surface area contributed by atoms with Gasteiger partial charge in [0.05, 0.1) is 12.1 Å². The molecule has 5 unspecified atom stereocenters. The van der Waals surface area contributed by atoms with Gasteiger partial charge in [0.15, 0.2) is 0 Å². The number of aromatic hydroxyl groups is 1. The fourth-order valence-corrected chi connectivity index (χ4v) is 3.25. The van der Waals surface area contributed by atoms with E-state index in [0.717, 1.165) is 0 Å². The molecular weight excluding hydrogens is 504 g/mol. The van der Waals surface area contributed by atoms with Crippen LogP contribution in [0.5, 0.6) is 5.75 Å². The first kappa shape index (κ1) is 31.8. The van der Waals surface area contributed by atoms with E-state index in [9.17, 15) is 44.1 Å². The van der Waals surface area contributed by atoms with Crippen LogP contribution in [0.15, 0.2) is 24.3 Å². The lowest BCUT2D eigenvalue weighted by Gasteiger charge is -2.26. The molecule has 0 bridgehead atoms. The molecular formula is C23H34N6O9. The molecule has 0 saturated carbocycles. The topological polar surface area (TPSA) is 277 Å². The summed E-state index contributed by atoms with van der Waals surface area (Å²) < 4.78 is 0. The van der Waals surface area contributed by atoms with E-state index >= 15 is 0 Å². The fourth-order valence-electron chi connectivity index (χ4n) is 3.25. The van der Waals surface area contributed by atoms with Crippen molar-refractivity contribution < 1.29 is 44.1 Å². The predicted molar refractivity (Wildman–Crippen MR) is 132 cm³/mol. The molecule has 0 aromatic heterocycles. The lowest BCUT2D eigenvalue weighted by Crippen LogP contribution is -2.60. The van der Waals surface area contributed by atoms with Gasteiger partial charge in [0.25, 0.3) is 0 Å². The highest BCUT2D eigenvalue weighted by Gasteiger charge is 2.33. The molecule has 0 aliphatic heterocycles. The second kappa shape index (κ2) is 15.1. The van der Waals surface area contributed by atoms with E-state index in [-0.39, 0.29) is 37.9 Å². The van der Waals surface area contributed by atoms with Gasteiger partial charge < -0.3 is 48.5 Å². The van der Waals surface area contributed by atoms with Gasteiger partial charge in [-0.05, 0) is 37.5 Å². The van der Waals surface area contributed by atoms with E-state index in [1.807, 2.05) is 0 Å². The molecule has 5 atom stereocenters. The molecule has 0 saturated heterocycles. The van der Waals surface area contributed by atoms with Crippen molar-refractivity contribution in [1.29, 1.82) is 0 Å². The quantitative estimate of drug-likeness (QED) is 0.101. The van der Waals surface area contributed by atoms with Gasteiger partial charge in [-0.15, -0.1) is 0 Å². The number of primary amides is 2. The van der Waals surface area contributed by atoms with Gasteiger partial charge in [-0.1, -0.05) is 12.1 Å². The highest BCUT2D eigenvalue weighted by molar-refractivity contribution is 5.94. The van der Waals surface area contributed by atoms with Crippen LogP contribution in [-0.2, 0) is 35.2 Å². The van der Waals surface area contributed by atoms with Crippen molar-refractivity contribution >= 4 is 35.5 Å². The predicted octanol–water partition coefficient (Wildman–Crippen LogP) is -3.29. The number of hydrogen-bond acceptors (Lipinski definition) is 9. The van der Waals surface area contributed by atoms with Gasteiger partial charge in [0.1, 0.15) is 23.9 Å². The van der Waals surface area contributed by atoms with Crippen molar-refractivity contribution in [3.05, 3.63) is 29.8 Å². The zero-order valence-electron chi connectivity index (χ0n) is 20.8. The Balaban J connectivity index is 3.09. The number of nitrogens with two attached hydrogens (primary N) is 3. The van der Waals surface area contributed by atoms with Gasteiger partial charge in [0, 0.05) is 19.3 Å². The zero-order valence-corrected chi connectivity index (χ0v) is 20.8. The molecule has 0 spiro atoms. The molecule has 15 nitrogen and oxygen atoms in total. The first-order valence-corrected chi connectivity index (χ1v) is 11.6. The van der Waals surface area contributed by atoms with Crippen LogP contribution < -0.4 is 33.2 Å². The number of aliphatic hydroxyl groups is 1. The number of carboxylic acid groups (broad SMARTS) is 1. The van der Waals surface area contributed by atoms with Gasteiger partial charge >= 0.3 is 5.97 Å². The Morgan fingerprint density at radius 2 is 1.34 bits per heavy atom. The SMILES string of the molecule is CC(O)C(NC(=O)C(Cc1ccc(O)cc1)NC(=O)C(N)CCC(N)=O)C(=O)NC(CCC(N)=O)C(=O)O. The number of rotatable bonds is 16. The maximum atomic E-state index is 13.1. The number of benzene rings is 1. The van der Waals surface area contributed by atoms with Crippen LogP contribution in [0.3, 0.4) is 0 Å². The molecule has 0 heterocycles. The van der Waals surface area contributed by atoms with Gasteiger partial charge in [0.2, 0.25) is 29.5 Å².